The SMILES string of the molecule is COc1ccccc1OCC(=O)OCCCc1c[nH]c2ccc(F)cc12. The molecule has 3 aromatic rings. The summed E-state index contributed by atoms with van der Waals surface area (Å²) in [6.07, 6.45) is 3.19. The van der Waals surface area contributed by atoms with Crippen molar-refractivity contribution < 1.29 is 23.4 Å². The molecule has 1 heterocycles. The standard InChI is InChI=1S/C20H20FNO4/c1-24-18-6-2-3-7-19(18)26-13-20(23)25-10-4-5-14-12-22-17-9-8-15(21)11-16(14)17/h2-3,6-9,11-12,22H,4-5,10,13H2,1H3. The number of carbonyl (C=O) groups excluding carboxylic acids is 1. The number of esters is 1. The van der Waals surface area contributed by atoms with Gasteiger partial charge in [0.25, 0.3) is 0 Å². The summed E-state index contributed by atoms with van der Waals surface area (Å²) in [7, 11) is 1.54. The van der Waals surface area contributed by atoms with Crippen LogP contribution in [0.25, 0.3) is 10.9 Å². The van der Waals surface area contributed by atoms with Crippen molar-refractivity contribution >= 4 is 16.9 Å². The molecule has 1 aromatic heterocycles. The smallest absolute Gasteiger partial charge is 0.344 e. The van der Waals surface area contributed by atoms with Crippen LogP contribution in [0.5, 0.6) is 11.5 Å². The Kier molecular flexibility index (Phi) is 5.73. The van der Waals surface area contributed by atoms with Crippen molar-refractivity contribution in [3.8, 4) is 11.5 Å². The molecular formula is C20H20FNO4. The summed E-state index contributed by atoms with van der Waals surface area (Å²) in [5, 5.41) is 0.857. The fourth-order valence-corrected chi connectivity index (χ4v) is 2.72. The molecule has 0 radical (unpaired) electrons. The number of fused-ring (bicyclic) bond motifs is 1. The summed E-state index contributed by atoms with van der Waals surface area (Å²) in [5.41, 5.74) is 1.89. The first-order chi connectivity index (χ1) is 12.7. The minimum Gasteiger partial charge on any atom is -0.493 e. The highest BCUT2D eigenvalue weighted by atomic mass is 19.1. The van der Waals surface area contributed by atoms with Crippen LogP contribution in [-0.2, 0) is 16.0 Å². The summed E-state index contributed by atoms with van der Waals surface area (Å²) in [5.74, 6) is 0.346. The zero-order valence-electron chi connectivity index (χ0n) is 14.5. The number of H-pyrrole nitrogens is 1. The lowest BCUT2D eigenvalue weighted by molar-refractivity contribution is -0.146. The van der Waals surface area contributed by atoms with E-state index in [2.05, 4.69) is 4.98 Å². The minimum absolute atomic E-state index is 0.182. The molecule has 0 fully saturated rings. The van der Waals surface area contributed by atoms with E-state index in [-0.39, 0.29) is 19.0 Å². The van der Waals surface area contributed by atoms with Crippen LogP contribution in [0.2, 0.25) is 0 Å². The predicted octanol–water partition coefficient (Wildman–Crippen LogP) is 3.87. The van der Waals surface area contributed by atoms with E-state index in [1.807, 2.05) is 12.3 Å². The van der Waals surface area contributed by atoms with Gasteiger partial charge in [0.05, 0.1) is 13.7 Å². The summed E-state index contributed by atoms with van der Waals surface area (Å²) < 4.78 is 29.1. The van der Waals surface area contributed by atoms with Crippen LogP contribution in [0.1, 0.15) is 12.0 Å². The first kappa shape index (κ1) is 17.8. The maximum atomic E-state index is 13.4. The first-order valence-electron chi connectivity index (χ1n) is 8.34. The van der Waals surface area contributed by atoms with Gasteiger partial charge in [-0.25, -0.2) is 9.18 Å². The summed E-state index contributed by atoms with van der Waals surface area (Å²) in [6.45, 7) is 0.0920. The van der Waals surface area contributed by atoms with Crippen LogP contribution in [0.3, 0.4) is 0 Å². The van der Waals surface area contributed by atoms with Crippen molar-refractivity contribution in [1.82, 2.24) is 4.98 Å². The number of benzene rings is 2. The van der Waals surface area contributed by atoms with E-state index in [0.717, 1.165) is 16.5 Å². The molecular weight excluding hydrogens is 337 g/mol. The largest absolute Gasteiger partial charge is 0.493 e. The number of carbonyl (C=O) groups is 1. The van der Waals surface area contributed by atoms with Gasteiger partial charge in [-0.1, -0.05) is 12.1 Å². The number of aryl methyl sites for hydroxylation is 1. The van der Waals surface area contributed by atoms with Crippen LogP contribution in [-0.4, -0.2) is 31.3 Å². The fourth-order valence-electron chi connectivity index (χ4n) is 2.72. The molecule has 0 spiro atoms. The molecule has 26 heavy (non-hydrogen) atoms. The number of ether oxygens (including phenoxy) is 3. The van der Waals surface area contributed by atoms with Gasteiger partial charge in [-0.2, -0.15) is 0 Å². The first-order valence-corrected chi connectivity index (χ1v) is 8.34. The van der Waals surface area contributed by atoms with Crippen LogP contribution in [0, 0.1) is 5.82 Å². The second-order valence-corrected chi connectivity index (χ2v) is 5.77. The van der Waals surface area contributed by atoms with Crippen molar-refractivity contribution in [1.29, 1.82) is 0 Å². The zero-order chi connectivity index (χ0) is 18.4. The predicted molar refractivity (Wildman–Crippen MR) is 96.0 cm³/mol. The topological polar surface area (TPSA) is 60.6 Å². The van der Waals surface area contributed by atoms with Crippen molar-refractivity contribution in [2.24, 2.45) is 0 Å². The van der Waals surface area contributed by atoms with Gasteiger partial charge in [0.2, 0.25) is 0 Å². The van der Waals surface area contributed by atoms with Crippen LogP contribution >= 0.6 is 0 Å². The normalized spacial score (nSPS) is 10.7. The van der Waals surface area contributed by atoms with Gasteiger partial charge in [0.1, 0.15) is 5.82 Å². The molecule has 0 amide bonds. The van der Waals surface area contributed by atoms with Gasteiger partial charge in [0.15, 0.2) is 18.1 Å². The van der Waals surface area contributed by atoms with Crippen LogP contribution in [0.4, 0.5) is 4.39 Å². The third-order valence-corrected chi connectivity index (χ3v) is 4.00. The lowest BCUT2D eigenvalue weighted by Crippen LogP contribution is -2.16. The van der Waals surface area contributed by atoms with Gasteiger partial charge >= 0.3 is 5.97 Å². The number of methoxy groups -OCH3 is 1. The summed E-state index contributed by atoms with van der Waals surface area (Å²) in [6, 6.07) is 11.7. The quantitative estimate of drug-likeness (QED) is 0.491. The molecule has 6 heteroatoms. The Morgan fingerprint density at radius 3 is 2.77 bits per heavy atom. The average Bonchev–Trinajstić information content (AvgIpc) is 3.06. The Bertz CT molecular complexity index is 890. The van der Waals surface area contributed by atoms with E-state index in [0.29, 0.717) is 24.3 Å². The van der Waals surface area contributed by atoms with E-state index in [4.69, 9.17) is 14.2 Å². The van der Waals surface area contributed by atoms with Crippen molar-refractivity contribution in [2.75, 3.05) is 20.3 Å². The Balaban J connectivity index is 1.43. The third-order valence-electron chi connectivity index (χ3n) is 4.00. The molecule has 5 nitrogen and oxygen atoms in total. The van der Waals surface area contributed by atoms with E-state index in [1.165, 1.54) is 19.2 Å². The molecule has 0 unspecified atom stereocenters. The summed E-state index contributed by atoms with van der Waals surface area (Å²) >= 11 is 0. The summed E-state index contributed by atoms with van der Waals surface area (Å²) in [4.78, 5) is 14.9. The number of aromatic nitrogens is 1. The Labute approximate surface area is 150 Å². The molecule has 0 saturated carbocycles. The molecule has 0 saturated heterocycles. The lowest BCUT2D eigenvalue weighted by atomic mass is 10.1. The van der Waals surface area contributed by atoms with E-state index >= 15 is 0 Å². The number of halogens is 1. The van der Waals surface area contributed by atoms with Crippen LogP contribution in [0.15, 0.2) is 48.7 Å². The highest BCUT2D eigenvalue weighted by molar-refractivity contribution is 5.83. The van der Waals surface area contributed by atoms with E-state index in [9.17, 15) is 9.18 Å². The molecule has 2 aromatic carbocycles. The minimum atomic E-state index is -0.444. The monoisotopic (exact) mass is 357 g/mol. The molecule has 0 aliphatic carbocycles. The van der Waals surface area contributed by atoms with E-state index < -0.39 is 5.97 Å². The van der Waals surface area contributed by atoms with Gasteiger partial charge < -0.3 is 19.2 Å². The van der Waals surface area contributed by atoms with Crippen molar-refractivity contribution in [3.63, 3.8) is 0 Å². The average molecular weight is 357 g/mol. The number of hydrogen-bond acceptors (Lipinski definition) is 4. The van der Waals surface area contributed by atoms with Crippen molar-refractivity contribution in [3.05, 3.63) is 60.0 Å². The molecule has 0 atom stereocenters. The molecule has 136 valence electrons. The number of aromatic amines is 1. The molecule has 0 aliphatic heterocycles. The Hall–Kier alpha value is -3.02. The molecule has 1 N–H and O–H groups in total. The number of para-hydroxylation sites is 2. The molecule has 0 aliphatic rings. The van der Waals surface area contributed by atoms with Crippen LogP contribution < -0.4 is 9.47 Å². The number of nitrogens with one attached hydrogen (secondary N) is 1. The molecule has 3 rings (SSSR count). The van der Waals surface area contributed by atoms with E-state index in [1.54, 1.807) is 24.3 Å². The maximum Gasteiger partial charge on any atom is 0.344 e. The Morgan fingerprint density at radius 2 is 1.96 bits per heavy atom. The Morgan fingerprint density at radius 1 is 1.15 bits per heavy atom. The highest BCUT2D eigenvalue weighted by Crippen LogP contribution is 2.25. The molecule has 0 bridgehead atoms. The van der Waals surface area contributed by atoms with Gasteiger partial charge in [-0.05, 0) is 48.7 Å². The van der Waals surface area contributed by atoms with Gasteiger partial charge in [0, 0.05) is 17.1 Å². The lowest BCUT2D eigenvalue weighted by Gasteiger charge is -2.10. The second-order valence-electron chi connectivity index (χ2n) is 5.77. The zero-order valence-corrected chi connectivity index (χ0v) is 14.5. The van der Waals surface area contributed by atoms with Crippen molar-refractivity contribution in [2.45, 2.75) is 12.8 Å². The highest BCUT2D eigenvalue weighted by Gasteiger charge is 2.09. The number of rotatable bonds is 8. The fraction of sp³-hybridized carbons (Fsp3) is 0.250. The third kappa shape index (κ3) is 4.33. The van der Waals surface area contributed by atoms with Gasteiger partial charge in [-0.15, -0.1) is 0 Å². The number of hydrogen-bond donors (Lipinski definition) is 1. The maximum absolute atomic E-state index is 13.4. The van der Waals surface area contributed by atoms with Gasteiger partial charge in [-0.3, -0.25) is 0 Å². The second kappa shape index (κ2) is 8.38.